The summed E-state index contributed by atoms with van der Waals surface area (Å²) in [6, 6.07) is 40.3. The third kappa shape index (κ3) is 3.61. The molecule has 0 saturated heterocycles. The van der Waals surface area contributed by atoms with Gasteiger partial charge in [0.2, 0.25) is 0 Å². The number of fused-ring (bicyclic) bond motifs is 1. The third-order valence-corrected chi connectivity index (χ3v) is 5.92. The van der Waals surface area contributed by atoms with Crippen molar-refractivity contribution in [2.75, 3.05) is 4.90 Å². The number of hydrogen-bond donors (Lipinski definition) is 0. The van der Waals surface area contributed by atoms with E-state index in [2.05, 4.69) is 145 Å². The number of hydrogen-bond acceptors (Lipinski definition) is 1. The van der Waals surface area contributed by atoms with E-state index in [1.165, 1.54) is 27.8 Å². The lowest BCUT2D eigenvalue weighted by molar-refractivity contribution is 1.08. The van der Waals surface area contributed by atoms with Gasteiger partial charge in [-0.1, -0.05) is 72.8 Å². The van der Waals surface area contributed by atoms with Crippen LogP contribution < -0.4 is 4.90 Å². The van der Waals surface area contributed by atoms with Gasteiger partial charge in [-0.2, -0.15) is 0 Å². The summed E-state index contributed by atoms with van der Waals surface area (Å²) < 4.78 is 2.36. The van der Waals surface area contributed by atoms with Crippen molar-refractivity contribution in [3.05, 3.63) is 132 Å². The van der Waals surface area contributed by atoms with Gasteiger partial charge in [0.15, 0.2) is 0 Å². The highest BCUT2D eigenvalue weighted by Crippen LogP contribution is 2.34. The van der Waals surface area contributed by atoms with Crippen LogP contribution in [0.1, 0.15) is 18.2 Å². The fourth-order valence-electron chi connectivity index (χ4n) is 4.42. The Labute approximate surface area is 189 Å². The Morgan fingerprint density at radius 1 is 0.656 bits per heavy atom. The molecule has 0 fully saturated rings. The standard InChI is InChI=1S/C30H26N2/c1-23(31(25-14-6-3-7-15-25)26-16-8-4-9-17-26)22-30-24(2)28-20-12-13-21-29(28)32(30)27-18-10-5-11-19-27/h3-22H,1-2H3/b23-22+. The molecule has 1 heterocycles. The summed E-state index contributed by atoms with van der Waals surface area (Å²) in [5.41, 5.74) is 8.32. The molecule has 0 radical (unpaired) electrons. The molecule has 0 bridgehead atoms. The van der Waals surface area contributed by atoms with E-state index < -0.39 is 0 Å². The Hall–Kier alpha value is -4.04. The molecule has 5 aromatic rings. The fraction of sp³-hybridized carbons (Fsp3) is 0.0667. The highest BCUT2D eigenvalue weighted by molar-refractivity contribution is 5.90. The quantitative estimate of drug-likeness (QED) is 0.282. The molecular formula is C30H26N2. The van der Waals surface area contributed by atoms with E-state index in [0.717, 1.165) is 17.1 Å². The lowest BCUT2D eigenvalue weighted by atomic mass is 10.1. The summed E-state index contributed by atoms with van der Waals surface area (Å²) >= 11 is 0. The number of para-hydroxylation sites is 4. The molecule has 156 valence electrons. The van der Waals surface area contributed by atoms with Crippen LogP contribution in [-0.4, -0.2) is 4.57 Å². The van der Waals surface area contributed by atoms with Crippen molar-refractivity contribution in [1.82, 2.24) is 4.57 Å². The summed E-state index contributed by atoms with van der Waals surface area (Å²) in [4.78, 5) is 2.31. The molecule has 0 saturated carbocycles. The van der Waals surface area contributed by atoms with E-state index >= 15 is 0 Å². The predicted octanol–water partition coefficient (Wildman–Crippen LogP) is 8.14. The maximum Gasteiger partial charge on any atom is 0.0537 e. The topological polar surface area (TPSA) is 8.17 Å². The molecule has 0 atom stereocenters. The lowest BCUT2D eigenvalue weighted by Gasteiger charge is -2.26. The molecule has 0 unspecified atom stereocenters. The van der Waals surface area contributed by atoms with Crippen molar-refractivity contribution in [1.29, 1.82) is 0 Å². The molecule has 0 amide bonds. The van der Waals surface area contributed by atoms with Gasteiger partial charge in [-0.15, -0.1) is 0 Å². The van der Waals surface area contributed by atoms with Crippen molar-refractivity contribution in [2.24, 2.45) is 0 Å². The van der Waals surface area contributed by atoms with E-state index in [1.54, 1.807) is 0 Å². The van der Waals surface area contributed by atoms with E-state index in [9.17, 15) is 0 Å². The smallest absolute Gasteiger partial charge is 0.0537 e. The Morgan fingerprint density at radius 3 is 1.75 bits per heavy atom. The van der Waals surface area contributed by atoms with Crippen molar-refractivity contribution >= 4 is 28.4 Å². The number of aryl methyl sites for hydroxylation is 1. The Kier molecular flexibility index (Phi) is 5.35. The van der Waals surface area contributed by atoms with Gasteiger partial charge in [0, 0.05) is 28.1 Å². The highest BCUT2D eigenvalue weighted by atomic mass is 15.1. The largest absolute Gasteiger partial charge is 0.314 e. The molecule has 0 aliphatic heterocycles. The number of benzene rings is 4. The number of aromatic nitrogens is 1. The summed E-state index contributed by atoms with van der Waals surface area (Å²) in [6.45, 7) is 4.41. The van der Waals surface area contributed by atoms with E-state index in [0.29, 0.717) is 0 Å². The second-order valence-corrected chi connectivity index (χ2v) is 7.99. The average Bonchev–Trinajstić information content (AvgIpc) is 3.13. The molecule has 2 nitrogen and oxygen atoms in total. The van der Waals surface area contributed by atoms with Crippen LogP contribution >= 0.6 is 0 Å². The van der Waals surface area contributed by atoms with Gasteiger partial charge in [-0.3, -0.25) is 0 Å². The zero-order chi connectivity index (χ0) is 21.9. The normalized spacial score (nSPS) is 11.6. The molecule has 0 aliphatic carbocycles. The fourth-order valence-corrected chi connectivity index (χ4v) is 4.42. The van der Waals surface area contributed by atoms with Crippen LogP contribution in [0.2, 0.25) is 0 Å². The molecule has 4 aromatic carbocycles. The molecule has 5 rings (SSSR count). The summed E-state index contributed by atoms with van der Waals surface area (Å²) in [6.07, 6.45) is 2.31. The highest BCUT2D eigenvalue weighted by Gasteiger charge is 2.16. The van der Waals surface area contributed by atoms with Crippen molar-refractivity contribution in [2.45, 2.75) is 13.8 Å². The molecule has 2 heteroatoms. The SMILES string of the molecule is C/C(=C\c1c(C)c2ccccc2n1-c1ccccc1)N(c1ccccc1)c1ccccc1. The predicted molar refractivity (Wildman–Crippen MR) is 137 cm³/mol. The van der Waals surface area contributed by atoms with Crippen LogP contribution in [0.3, 0.4) is 0 Å². The minimum absolute atomic E-state index is 1.15. The monoisotopic (exact) mass is 414 g/mol. The van der Waals surface area contributed by atoms with Crippen LogP contribution in [0.15, 0.2) is 121 Å². The number of anilines is 2. The first-order valence-corrected chi connectivity index (χ1v) is 11.0. The van der Waals surface area contributed by atoms with Gasteiger partial charge in [0.25, 0.3) is 0 Å². The summed E-state index contributed by atoms with van der Waals surface area (Å²) in [5, 5.41) is 1.28. The molecule has 0 aliphatic rings. The summed E-state index contributed by atoms with van der Waals surface area (Å²) in [7, 11) is 0. The Bertz CT molecular complexity index is 1320. The number of allylic oxidation sites excluding steroid dienone is 1. The van der Waals surface area contributed by atoms with Gasteiger partial charge in [-0.05, 0) is 68.0 Å². The Balaban J connectivity index is 1.73. The van der Waals surface area contributed by atoms with Crippen LogP contribution in [0.4, 0.5) is 11.4 Å². The second-order valence-electron chi connectivity index (χ2n) is 7.99. The summed E-state index contributed by atoms with van der Waals surface area (Å²) in [5.74, 6) is 0. The number of rotatable bonds is 5. The zero-order valence-electron chi connectivity index (χ0n) is 18.4. The van der Waals surface area contributed by atoms with Gasteiger partial charge in [-0.25, -0.2) is 0 Å². The molecule has 1 aromatic heterocycles. The maximum atomic E-state index is 2.36. The minimum atomic E-state index is 1.15. The minimum Gasteiger partial charge on any atom is -0.314 e. The molecule has 0 N–H and O–H groups in total. The Morgan fingerprint density at radius 2 is 1.16 bits per heavy atom. The van der Waals surface area contributed by atoms with E-state index in [-0.39, 0.29) is 0 Å². The van der Waals surface area contributed by atoms with Gasteiger partial charge in [0.05, 0.1) is 11.2 Å². The van der Waals surface area contributed by atoms with E-state index in [4.69, 9.17) is 0 Å². The van der Waals surface area contributed by atoms with Crippen LogP contribution in [0.5, 0.6) is 0 Å². The van der Waals surface area contributed by atoms with Crippen molar-refractivity contribution in [3.63, 3.8) is 0 Å². The molecular weight excluding hydrogens is 388 g/mol. The second kappa shape index (κ2) is 8.60. The van der Waals surface area contributed by atoms with E-state index in [1.807, 2.05) is 0 Å². The van der Waals surface area contributed by atoms with Crippen molar-refractivity contribution < 1.29 is 0 Å². The van der Waals surface area contributed by atoms with Crippen LogP contribution in [0.25, 0.3) is 22.7 Å². The first-order valence-electron chi connectivity index (χ1n) is 11.0. The van der Waals surface area contributed by atoms with Gasteiger partial charge in [0.1, 0.15) is 0 Å². The zero-order valence-corrected chi connectivity index (χ0v) is 18.4. The first-order chi connectivity index (χ1) is 15.7. The van der Waals surface area contributed by atoms with Gasteiger partial charge >= 0.3 is 0 Å². The molecule has 32 heavy (non-hydrogen) atoms. The third-order valence-electron chi connectivity index (χ3n) is 5.92. The lowest BCUT2D eigenvalue weighted by Crippen LogP contribution is -2.14. The van der Waals surface area contributed by atoms with Gasteiger partial charge < -0.3 is 9.47 Å². The average molecular weight is 415 g/mol. The van der Waals surface area contributed by atoms with Crippen LogP contribution in [0, 0.1) is 6.92 Å². The number of nitrogens with zero attached hydrogens (tertiary/aromatic N) is 2. The first kappa shape index (κ1) is 19.9. The van der Waals surface area contributed by atoms with Crippen molar-refractivity contribution in [3.8, 4) is 5.69 Å². The molecule has 0 spiro atoms. The maximum absolute atomic E-state index is 2.36. The van der Waals surface area contributed by atoms with Crippen LogP contribution in [-0.2, 0) is 0 Å².